The van der Waals surface area contributed by atoms with Gasteiger partial charge in [-0.15, -0.1) is 0 Å². The molecule has 132 valence electrons. The predicted octanol–water partition coefficient (Wildman–Crippen LogP) is 0.380. The van der Waals surface area contributed by atoms with Crippen LogP contribution in [0.15, 0.2) is 23.1 Å². The van der Waals surface area contributed by atoms with Crippen LogP contribution in [0.25, 0.3) is 0 Å². The number of amides is 3. The van der Waals surface area contributed by atoms with E-state index in [1.807, 2.05) is 12.2 Å². The number of hydrogen-bond acceptors (Lipinski definition) is 6. The maximum Gasteiger partial charge on any atom is 0.338 e. The van der Waals surface area contributed by atoms with Crippen molar-refractivity contribution < 1.29 is 27.5 Å². The van der Waals surface area contributed by atoms with Crippen molar-refractivity contribution in [1.29, 1.82) is 0 Å². The molecule has 1 rings (SSSR count). The van der Waals surface area contributed by atoms with Crippen LogP contribution in [0.1, 0.15) is 23.7 Å². The Morgan fingerprint density at radius 2 is 1.96 bits per heavy atom. The van der Waals surface area contributed by atoms with Crippen LogP contribution in [0.4, 0.5) is 4.79 Å². The van der Waals surface area contributed by atoms with E-state index >= 15 is 0 Å². The molecule has 24 heavy (non-hydrogen) atoms. The molecule has 0 radical (unpaired) electrons. The van der Waals surface area contributed by atoms with E-state index in [1.165, 1.54) is 6.07 Å². The molecule has 0 aromatic heterocycles. The number of carbonyl (C=O) groups excluding carboxylic acids is 3. The minimum Gasteiger partial charge on any atom is -0.452 e. The molecule has 0 spiro atoms. The van der Waals surface area contributed by atoms with Crippen molar-refractivity contribution in [2.75, 3.05) is 13.2 Å². The number of ether oxygens (including phenoxy) is 1. The van der Waals surface area contributed by atoms with Gasteiger partial charge in [0.1, 0.15) is 4.90 Å². The number of esters is 1. The van der Waals surface area contributed by atoms with Crippen molar-refractivity contribution in [3.8, 4) is 0 Å². The molecule has 0 unspecified atom stereocenters. The summed E-state index contributed by atoms with van der Waals surface area (Å²) in [5, 5.41) is 9.19. The zero-order valence-corrected chi connectivity index (χ0v) is 14.2. The van der Waals surface area contributed by atoms with E-state index in [1.54, 1.807) is 0 Å². The average Bonchev–Trinajstić information content (AvgIpc) is 2.49. The van der Waals surface area contributed by atoms with Crippen LogP contribution in [0, 0.1) is 0 Å². The highest BCUT2D eigenvalue weighted by Crippen LogP contribution is 2.21. The van der Waals surface area contributed by atoms with Gasteiger partial charge in [0.15, 0.2) is 6.61 Å². The summed E-state index contributed by atoms with van der Waals surface area (Å²) in [6.45, 7) is 1.51. The van der Waals surface area contributed by atoms with E-state index in [-0.39, 0.29) is 10.6 Å². The zero-order valence-electron chi connectivity index (χ0n) is 12.7. The molecule has 11 heteroatoms. The van der Waals surface area contributed by atoms with E-state index < -0.39 is 39.4 Å². The second-order valence-corrected chi connectivity index (χ2v) is 6.51. The Morgan fingerprint density at radius 1 is 1.29 bits per heavy atom. The molecule has 0 saturated carbocycles. The quantitative estimate of drug-likeness (QED) is 0.611. The Bertz CT molecular complexity index is 750. The van der Waals surface area contributed by atoms with Gasteiger partial charge in [-0.2, -0.15) is 0 Å². The number of primary sulfonamides is 1. The van der Waals surface area contributed by atoms with E-state index in [2.05, 4.69) is 5.32 Å². The summed E-state index contributed by atoms with van der Waals surface area (Å²) in [6.07, 6.45) is 0.694. The van der Waals surface area contributed by atoms with Gasteiger partial charge in [-0.05, 0) is 24.6 Å². The first kappa shape index (κ1) is 19.9. The van der Waals surface area contributed by atoms with Crippen LogP contribution in [0.2, 0.25) is 5.02 Å². The Kier molecular flexibility index (Phi) is 7.14. The van der Waals surface area contributed by atoms with Gasteiger partial charge in [-0.25, -0.2) is 23.1 Å². The summed E-state index contributed by atoms with van der Waals surface area (Å²) in [5.41, 5.74) is -0.161. The van der Waals surface area contributed by atoms with Crippen LogP contribution in [0.3, 0.4) is 0 Å². The molecular formula is C13H16ClN3O6S. The largest absolute Gasteiger partial charge is 0.452 e. The average molecular weight is 378 g/mol. The number of benzene rings is 1. The van der Waals surface area contributed by atoms with Gasteiger partial charge in [0.25, 0.3) is 5.91 Å². The van der Waals surface area contributed by atoms with Crippen LogP contribution >= 0.6 is 11.6 Å². The third-order valence-corrected chi connectivity index (χ3v) is 3.99. The molecule has 1 aromatic rings. The van der Waals surface area contributed by atoms with Crippen LogP contribution in [0.5, 0.6) is 0 Å². The van der Waals surface area contributed by atoms with Crippen LogP contribution < -0.4 is 15.8 Å². The maximum absolute atomic E-state index is 11.8. The Morgan fingerprint density at radius 3 is 2.54 bits per heavy atom. The van der Waals surface area contributed by atoms with E-state index in [4.69, 9.17) is 21.5 Å². The fourth-order valence-corrected chi connectivity index (χ4v) is 2.58. The molecule has 3 amide bonds. The molecule has 0 aliphatic carbocycles. The summed E-state index contributed by atoms with van der Waals surface area (Å²) in [5.74, 6) is -1.81. The highest BCUT2D eigenvalue weighted by Gasteiger charge is 2.18. The molecule has 0 bridgehead atoms. The van der Waals surface area contributed by atoms with Gasteiger partial charge < -0.3 is 10.1 Å². The fourth-order valence-electron chi connectivity index (χ4n) is 1.51. The number of urea groups is 1. The van der Waals surface area contributed by atoms with E-state index in [0.717, 1.165) is 12.1 Å². The first-order chi connectivity index (χ1) is 11.1. The van der Waals surface area contributed by atoms with E-state index in [9.17, 15) is 22.8 Å². The number of imide groups is 1. The van der Waals surface area contributed by atoms with Crippen molar-refractivity contribution in [2.45, 2.75) is 18.2 Å². The standard InChI is InChI=1S/C13H16ClN3O6S/c1-2-5-16-13(20)17-11(18)7-23-12(19)8-3-4-9(14)10(6-8)24(15,21)22/h3-4,6H,2,5,7H2,1H3,(H2,15,21,22)(H2,16,17,18,20). The lowest BCUT2D eigenvalue weighted by Gasteiger charge is -2.08. The number of halogens is 1. The highest BCUT2D eigenvalue weighted by atomic mass is 35.5. The lowest BCUT2D eigenvalue weighted by molar-refractivity contribution is -0.123. The molecule has 4 N–H and O–H groups in total. The van der Waals surface area contributed by atoms with E-state index in [0.29, 0.717) is 13.0 Å². The van der Waals surface area contributed by atoms with Crippen molar-refractivity contribution in [3.05, 3.63) is 28.8 Å². The predicted molar refractivity (Wildman–Crippen MR) is 84.9 cm³/mol. The summed E-state index contributed by atoms with van der Waals surface area (Å²) < 4.78 is 27.4. The number of nitrogens with two attached hydrogens (primary N) is 1. The fraction of sp³-hybridized carbons (Fsp3) is 0.308. The number of carbonyl (C=O) groups is 3. The molecule has 0 aliphatic rings. The molecule has 9 nitrogen and oxygen atoms in total. The molecule has 0 fully saturated rings. The number of nitrogens with one attached hydrogen (secondary N) is 2. The summed E-state index contributed by atoms with van der Waals surface area (Å²) >= 11 is 5.69. The third-order valence-electron chi connectivity index (χ3n) is 2.60. The van der Waals surface area contributed by atoms with Crippen molar-refractivity contribution >= 4 is 39.5 Å². The van der Waals surface area contributed by atoms with Crippen LogP contribution in [-0.4, -0.2) is 39.5 Å². The lowest BCUT2D eigenvalue weighted by atomic mass is 10.2. The van der Waals surface area contributed by atoms with Gasteiger partial charge in [-0.3, -0.25) is 10.1 Å². The zero-order chi connectivity index (χ0) is 18.3. The first-order valence-electron chi connectivity index (χ1n) is 6.72. The van der Waals surface area contributed by atoms with Gasteiger partial charge in [0.05, 0.1) is 10.6 Å². The highest BCUT2D eigenvalue weighted by molar-refractivity contribution is 7.89. The monoisotopic (exact) mass is 377 g/mol. The summed E-state index contributed by atoms with van der Waals surface area (Å²) in [4.78, 5) is 34.1. The van der Waals surface area contributed by atoms with Gasteiger partial charge >= 0.3 is 12.0 Å². The Labute approximate surface area is 143 Å². The second kappa shape index (κ2) is 8.62. The summed E-state index contributed by atoms with van der Waals surface area (Å²) in [7, 11) is -4.12. The Hall–Kier alpha value is -2.17. The smallest absolute Gasteiger partial charge is 0.338 e. The topological polar surface area (TPSA) is 145 Å². The van der Waals surface area contributed by atoms with Crippen molar-refractivity contribution in [3.63, 3.8) is 0 Å². The van der Waals surface area contributed by atoms with Crippen LogP contribution in [-0.2, 0) is 19.6 Å². The van der Waals surface area contributed by atoms with Crippen molar-refractivity contribution in [2.24, 2.45) is 5.14 Å². The van der Waals surface area contributed by atoms with Crippen molar-refractivity contribution in [1.82, 2.24) is 10.6 Å². The molecular weight excluding hydrogens is 362 g/mol. The number of rotatable bonds is 6. The third kappa shape index (κ3) is 6.14. The maximum atomic E-state index is 11.8. The SMILES string of the molecule is CCCNC(=O)NC(=O)COC(=O)c1ccc(Cl)c(S(N)(=O)=O)c1. The minimum atomic E-state index is -4.12. The van der Waals surface area contributed by atoms with Gasteiger partial charge in [-0.1, -0.05) is 18.5 Å². The number of sulfonamides is 1. The first-order valence-corrected chi connectivity index (χ1v) is 8.64. The molecule has 0 saturated heterocycles. The molecule has 0 aliphatic heterocycles. The Balaban J connectivity index is 2.66. The van der Waals surface area contributed by atoms with Gasteiger partial charge in [0, 0.05) is 6.54 Å². The lowest BCUT2D eigenvalue weighted by Crippen LogP contribution is -2.41. The molecule has 0 atom stereocenters. The normalized spacial score (nSPS) is 10.8. The summed E-state index contributed by atoms with van der Waals surface area (Å²) in [6, 6.07) is 2.61. The number of hydrogen-bond donors (Lipinski definition) is 3. The second-order valence-electron chi connectivity index (χ2n) is 4.57. The molecule has 0 heterocycles. The molecule has 1 aromatic carbocycles. The minimum absolute atomic E-state index is 0.153. The van der Waals surface area contributed by atoms with Gasteiger partial charge in [0.2, 0.25) is 10.0 Å².